The Morgan fingerprint density at radius 3 is 2.50 bits per heavy atom. The highest BCUT2D eigenvalue weighted by Crippen LogP contribution is 2.39. The number of hydrogen-bond donors (Lipinski definition) is 1. The van der Waals surface area contributed by atoms with Crippen LogP contribution in [0.3, 0.4) is 0 Å². The van der Waals surface area contributed by atoms with Crippen molar-refractivity contribution in [3.8, 4) is 0 Å². The molecule has 1 N–H and O–H groups in total. The summed E-state index contributed by atoms with van der Waals surface area (Å²) in [4.78, 5) is 25.6. The van der Waals surface area contributed by atoms with Gasteiger partial charge in [-0.1, -0.05) is 36.7 Å². The Balaban J connectivity index is 2.44. The molecule has 20 heavy (non-hydrogen) atoms. The van der Waals surface area contributed by atoms with Gasteiger partial charge in [-0.15, -0.1) is 0 Å². The van der Waals surface area contributed by atoms with Crippen LogP contribution < -0.4 is 10.2 Å². The van der Waals surface area contributed by atoms with Crippen LogP contribution in [0, 0.1) is 5.41 Å². The third kappa shape index (κ3) is 2.87. The molecule has 1 aromatic carbocycles. The molecule has 108 valence electrons. The minimum Gasteiger partial charge on any atom is -0.324 e. The van der Waals surface area contributed by atoms with Gasteiger partial charge in [-0.2, -0.15) is 0 Å². The summed E-state index contributed by atoms with van der Waals surface area (Å²) in [7, 11) is 0. The fourth-order valence-electron chi connectivity index (χ4n) is 2.23. The van der Waals surface area contributed by atoms with Crippen molar-refractivity contribution in [2.75, 3.05) is 16.8 Å². The Bertz CT molecular complexity index is 576. The molecule has 0 spiro atoms. The third-order valence-electron chi connectivity index (χ3n) is 3.34. The largest absolute Gasteiger partial charge is 0.324 e. The van der Waals surface area contributed by atoms with Gasteiger partial charge in [0.1, 0.15) is 0 Å². The van der Waals surface area contributed by atoms with Gasteiger partial charge in [-0.25, -0.2) is 0 Å². The molecular weight excluding hydrogens is 320 g/mol. The van der Waals surface area contributed by atoms with E-state index < -0.39 is 5.41 Å². The maximum absolute atomic E-state index is 12.2. The zero-order chi connectivity index (χ0) is 15.1. The summed E-state index contributed by atoms with van der Waals surface area (Å²) < 4.78 is 0.908. The second-order valence-electron chi connectivity index (χ2n) is 6.09. The molecule has 0 aromatic heterocycles. The van der Waals surface area contributed by atoms with E-state index in [1.807, 2.05) is 32.9 Å². The van der Waals surface area contributed by atoms with Crippen molar-refractivity contribution in [3.63, 3.8) is 0 Å². The molecule has 0 fully saturated rings. The van der Waals surface area contributed by atoms with Crippen molar-refractivity contribution < 1.29 is 9.59 Å². The molecule has 1 aliphatic rings. The number of benzene rings is 1. The first-order valence-electron chi connectivity index (χ1n) is 6.62. The summed E-state index contributed by atoms with van der Waals surface area (Å²) in [6.45, 7) is 7.81. The normalized spacial score (nSPS) is 14.2. The summed E-state index contributed by atoms with van der Waals surface area (Å²) in [5.41, 5.74) is 2.13. The summed E-state index contributed by atoms with van der Waals surface area (Å²) in [6, 6.07) is 3.86. The Morgan fingerprint density at radius 2 is 1.95 bits per heavy atom. The molecule has 0 saturated carbocycles. The number of nitrogens with one attached hydrogen (secondary N) is 1. The molecule has 5 heteroatoms. The molecule has 0 radical (unpaired) electrons. The lowest BCUT2D eigenvalue weighted by Gasteiger charge is -2.23. The molecule has 0 unspecified atom stereocenters. The fraction of sp³-hybridized carbons (Fsp3) is 0.467. The van der Waals surface area contributed by atoms with Gasteiger partial charge >= 0.3 is 0 Å². The van der Waals surface area contributed by atoms with Gasteiger partial charge in [0, 0.05) is 23.4 Å². The average molecular weight is 339 g/mol. The number of rotatable bonds is 1. The van der Waals surface area contributed by atoms with Crippen LogP contribution in [0.4, 0.5) is 11.4 Å². The molecule has 4 nitrogen and oxygen atoms in total. The smallest absolute Gasteiger partial charge is 0.229 e. The first-order chi connectivity index (χ1) is 9.20. The molecule has 1 aliphatic heterocycles. The average Bonchev–Trinajstić information content (AvgIpc) is 2.71. The van der Waals surface area contributed by atoms with Gasteiger partial charge in [0.25, 0.3) is 0 Å². The van der Waals surface area contributed by atoms with E-state index in [0.717, 1.165) is 22.1 Å². The van der Waals surface area contributed by atoms with Gasteiger partial charge in [0.05, 0.1) is 11.4 Å². The number of amides is 2. The quantitative estimate of drug-likeness (QED) is 0.853. The van der Waals surface area contributed by atoms with Crippen LogP contribution in [0.15, 0.2) is 16.6 Å². The second kappa shape index (κ2) is 5.20. The molecule has 2 rings (SSSR count). The molecule has 0 atom stereocenters. The van der Waals surface area contributed by atoms with Crippen LogP contribution in [0.5, 0.6) is 0 Å². The monoisotopic (exact) mass is 338 g/mol. The van der Waals surface area contributed by atoms with Crippen LogP contribution in [0.25, 0.3) is 0 Å². The van der Waals surface area contributed by atoms with Crippen molar-refractivity contribution in [1.29, 1.82) is 0 Å². The zero-order valence-corrected chi connectivity index (χ0v) is 13.8. The minimum absolute atomic E-state index is 0.00247. The standard InChI is InChI=1S/C15H19BrN2O2/c1-9(19)18-6-5-10-7-11(16)8-12(13(10)18)17-14(20)15(2,3)4/h7-8H,5-6H2,1-4H3,(H,17,20). The molecule has 2 amide bonds. The topological polar surface area (TPSA) is 49.4 Å². The Hall–Kier alpha value is -1.36. The van der Waals surface area contributed by atoms with Gasteiger partial charge in [-0.3, -0.25) is 9.59 Å². The maximum atomic E-state index is 12.2. The highest BCUT2D eigenvalue weighted by Gasteiger charge is 2.28. The van der Waals surface area contributed by atoms with Gasteiger partial charge < -0.3 is 10.2 Å². The van der Waals surface area contributed by atoms with E-state index in [0.29, 0.717) is 12.2 Å². The number of anilines is 2. The van der Waals surface area contributed by atoms with E-state index >= 15 is 0 Å². The highest BCUT2D eigenvalue weighted by atomic mass is 79.9. The van der Waals surface area contributed by atoms with Gasteiger partial charge in [0.2, 0.25) is 11.8 Å². The van der Waals surface area contributed by atoms with E-state index in [-0.39, 0.29) is 11.8 Å². The third-order valence-corrected chi connectivity index (χ3v) is 3.80. The van der Waals surface area contributed by atoms with Crippen LogP contribution >= 0.6 is 15.9 Å². The Labute approximate surface area is 127 Å². The van der Waals surface area contributed by atoms with E-state index in [9.17, 15) is 9.59 Å². The van der Waals surface area contributed by atoms with E-state index in [1.165, 1.54) is 0 Å². The van der Waals surface area contributed by atoms with Crippen molar-refractivity contribution in [2.45, 2.75) is 34.1 Å². The zero-order valence-electron chi connectivity index (χ0n) is 12.2. The maximum Gasteiger partial charge on any atom is 0.229 e. The van der Waals surface area contributed by atoms with Crippen molar-refractivity contribution in [2.24, 2.45) is 5.41 Å². The Morgan fingerprint density at radius 1 is 1.30 bits per heavy atom. The highest BCUT2D eigenvalue weighted by molar-refractivity contribution is 9.10. The van der Waals surface area contributed by atoms with Crippen molar-refractivity contribution in [3.05, 3.63) is 22.2 Å². The Kier molecular flexibility index (Phi) is 3.91. The lowest BCUT2D eigenvalue weighted by atomic mass is 9.95. The first-order valence-corrected chi connectivity index (χ1v) is 7.41. The van der Waals surface area contributed by atoms with Crippen LogP contribution in [0.1, 0.15) is 33.3 Å². The molecular formula is C15H19BrN2O2. The van der Waals surface area contributed by atoms with Crippen molar-refractivity contribution in [1.82, 2.24) is 0 Å². The number of nitrogens with zero attached hydrogens (tertiary/aromatic N) is 1. The summed E-state index contributed by atoms with van der Waals surface area (Å²) >= 11 is 3.46. The number of carbonyl (C=O) groups excluding carboxylic acids is 2. The van der Waals surface area contributed by atoms with Crippen molar-refractivity contribution >= 4 is 39.1 Å². The molecule has 1 aromatic rings. The number of hydrogen-bond acceptors (Lipinski definition) is 2. The summed E-state index contributed by atoms with van der Waals surface area (Å²) in [6.07, 6.45) is 0.812. The number of fused-ring (bicyclic) bond motifs is 1. The lowest BCUT2D eigenvalue weighted by molar-refractivity contribution is -0.123. The van der Waals surface area contributed by atoms with Gasteiger partial charge in [0.15, 0.2) is 0 Å². The predicted molar refractivity (Wildman–Crippen MR) is 84.0 cm³/mol. The lowest BCUT2D eigenvalue weighted by Crippen LogP contribution is -2.30. The van der Waals surface area contributed by atoms with Crippen LogP contribution in [-0.2, 0) is 16.0 Å². The van der Waals surface area contributed by atoms with Crippen LogP contribution in [0.2, 0.25) is 0 Å². The molecule has 1 heterocycles. The van der Waals surface area contributed by atoms with E-state index in [4.69, 9.17) is 0 Å². The molecule has 0 bridgehead atoms. The molecule has 0 aliphatic carbocycles. The van der Waals surface area contributed by atoms with E-state index in [1.54, 1.807) is 11.8 Å². The van der Waals surface area contributed by atoms with E-state index in [2.05, 4.69) is 21.2 Å². The number of carbonyl (C=O) groups is 2. The predicted octanol–water partition coefficient (Wildman–Crippen LogP) is 3.34. The fourth-order valence-corrected chi connectivity index (χ4v) is 2.73. The minimum atomic E-state index is -0.477. The summed E-state index contributed by atoms with van der Waals surface area (Å²) in [5.74, 6) is -0.0643. The SMILES string of the molecule is CC(=O)N1CCc2cc(Br)cc(NC(=O)C(C)(C)C)c21. The molecule has 0 saturated heterocycles. The first kappa shape index (κ1) is 15.0. The van der Waals surface area contributed by atoms with Crippen LogP contribution in [-0.4, -0.2) is 18.4 Å². The second-order valence-corrected chi connectivity index (χ2v) is 7.00. The summed E-state index contributed by atoms with van der Waals surface area (Å²) in [5, 5.41) is 2.95. The van der Waals surface area contributed by atoms with Gasteiger partial charge in [-0.05, 0) is 24.1 Å². The number of halogens is 1.